The van der Waals surface area contributed by atoms with Crippen molar-refractivity contribution in [1.29, 1.82) is 0 Å². The minimum Gasteiger partial charge on any atom is -0.465 e. The summed E-state index contributed by atoms with van der Waals surface area (Å²) in [7, 11) is -3.51. The van der Waals surface area contributed by atoms with Gasteiger partial charge in [-0.05, 0) is 19.8 Å². The van der Waals surface area contributed by atoms with Crippen LogP contribution < -0.4 is 5.32 Å². The van der Waals surface area contributed by atoms with Crippen molar-refractivity contribution in [1.82, 2.24) is 9.62 Å². The Labute approximate surface area is 119 Å². The summed E-state index contributed by atoms with van der Waals surface area (Å²) in [4.78, 5) is 11.9. The lowest BCUT2D eigenvalue weighted by Crippen LogP contribution is -2.58. The van der Waals surface area contributed by atoms with Gasteiger partial charge in [0, 0.05) is 26.2 Å². The molecule has 0 aromatic heterocycles. The van der Waals surface area contributed by atoms with Crippen molar-refractivity contribution in [3.63, 3.8) is 0 Å². The first kappa shape index (κ1) is 15.7. The van der Waals surface area contributed by atoms with E-state index in [-0.39, 0.29) is 18.5 Å². The largest absolute Gasteiger partial charge is 0.465 e. The summed E-state index contributed by atoms with van der Waals surface area (Å²) < 4.78 is 36.6. The molecule has 2 aliphatic heterocycles. The molecule has 2 aliphatic rings. The second kappa shape index (κ2) is 6.84. The fourth-order valence-corrected chi connectivity index (χ4v) is 4.41. The Morgan fingerprint density at radius 1 is 1.50 bits per heavy atom. The summed E-state index contributed by atoms with van der Waals surface area (Å²) in [5.74, 6) is -0.543. The zero-order valence-electron chi connectivity index (χ0n) is 11.7. The Balaban J connectivity index is 2.07. The number of esters is 1. The molecule has 20 heavy (non-hydrogen) atoms. The first-order chi connectivity index (χ1) is 9.54. The Bertz CT molecular complexity index is 433. The maximum atomic E-state index is 12.5. The summed E-state index contributed by atoms with van der Waals surface area (Å²) in [5, 5.41) is 3.03. The van der Waals surface area contributed by atoms with Crippen LogP contribution in [0.3, 0.4) is 0 Å². The second-order valence-electron chi connectivity index (χ2n) is 5.00. The molecule has 0 radical (unpaired) electrons. The van der Waals surface area contributed by atoms with Gasteiger partial charge in [0.2, 0.25) is 10.0 Å². The lowest BCUT2D eigenvalue weighted by molar-refractivity contribution is -0.148. The maximum absolute atomic E-state index is 12.5. The highest BCUT2D eigenvalue weighted by atomic mass is 32.2. The Morgan fingerprint density at radius 3 is 2.95 bits per heavy atom. The molecular formula is C12H22N2O5S. The number of hydrogen-bond acceptors (Lipinski definition) is 6. The van der Waals surface area contributed by atoms with Crippen LogP contribution in [0.1, 0.15) is 19.8 Å². The van der Waals surface area contributed by atoms with Crippen molar-refractivity contribution >= 4 is 16.0 Å². The van der Waals surface area contributed by atoms with Crippen LogP contribution >= 0.6 is 0 Å². The van der Waals surface area contributed by atoms with E-state index in [2.05, 4.69) is 5.32 Å². The summed E-state index contributed by atoms with van der Waals surface area (Å²) in [6.45, 7) is 3.69. The molecule has 7 nitrogen and oxygen atoms in total. The third-order valence-electron chi connectivity index (χ3n) is 3.53. The quantitative estimate of drug-likeness (QED) is 0.678. The van der Waals surface area contributed by atoms with Crippen LogP contribution in [0.4, 0.5) is 0 Å². The van der Waals surface area contributed by atoms with Gasteiger partial charge in [-0.1, -0.05) is 0 Å². The number of ether oxygens (including phenoxy) is 2. The van der Waals surface area contributed by atoms with Gasteiger partial charge in [-0.3, -0.25) is 4.79 Å². The van der Waals surface area contributed by atoms with Crippen molar-refractivity contribution in [2.24, 2.45) is 0 Å². The number of nitrogens with one attached hydrogen (secondary N) is 1. The van der Waals surface area contributed by atoms with E-state index in [9.17, 15) is 13.2 Å². The lowest BCUT2D eigenvalue weighted by Gasteiger charge is -2.34. The van der Waals surface area contributed by atoms with Gasteiger partial charge >= 0.3 is 5.97 Å². The number of hydrogen-bond donors (Lipinski definition) is 1. The van der Waals surface area contributed by atoms with Crippen LogP contribution in [0.25, 0.3) is 0 Å². The maximum Gasteiger partial charge on any atom is 0.325 e. The molecule has 2 rings (SSSR count). The monoisotopic (exact) mass is 306 g/mol. The molecule has 2 fully saturated rings. The van der Waals surface area contributed by atoms with E-state index in [1.165, 1.54) is 4.31 Å². The van der Waals surface area contributed by atoms with E-state index in [0.29, 0.717) is 26.2 Å². The van der Waals surface area contributed by atoms with Gasteiger partial charge in [0.25, 0.3) is 0 Å². The van der Waals surface area contributed by atoms with Crippen LogP contribution in [0.5, 0.6) is 0 Å². The number of carbonyl (C=O) groups is 1. The third kappa shape index (κ3) is 3.69. The van der Waals surface area contributed by atoms with E-state index in [4.69, 9.17) is 9.47 Å². The highest BCUT2D eigenvalue weighted by molar-refractivity contribution is 7.89. The van der Waals surface area contributed by atoms with Gasteiger partial charge < -0.3 is 14.8 Å². The predicted molar refractivity (Wildman–Crippen MR) is 72.8 cm³/mol. The molecule has 1 N–H and O–H groups in total. The van der Waals surface area contributed by atoms with Gasteiger partial charge in [0.1, 0.15) is 6.04 Å². The fourth-order valence-electron chi connectivity index (χ4n) is 2.56. The molecule has 8 heteroatoms. The smallest absolute Gasteiger partial charge is 0.325 e. The van der Waals surface area contributed by atoms with Crippen molar-refractivity contribution in [3.05, 3.63) is 0 Å². The van der Waals surface area contributed by atoms with Gasteiger partial charge in [-0.25, -0.2) is 8.42 Å². The summed E-state index contributed by atoms with van der Waals surface area (Å²) in [6, 6.07) is -0.768. The number of piperazine rings is 1. The first-order valence-electron chi connectivity index (χ1n) is 7.03. The van der Waals surface area contributed by atoms with E-state index < -0.39 is 22.0 Å². The van der Waals surface area contributed by atoms with E-state index >= 15 is 0 Å². The van der Waals surface area contributed by atoms with Crippen LogP contribution in [-0.4, -0.2) is 69.4 Å². The normalized spacial score (nSPS) is 28.4. The zero-order valence-corrected chi connectivity index (χ0v) is 12.5. The van der Waals surface area contributed by atoms with Gasteiger partial charge in [0.05, 0.1) is 18.5 Å². The van der Waals surface area contributed by atoms with Crippen LogP contribution in [0, 0.1) is 0 Å². The van der Waals surface area contributed by atoms with Crippen LogP contribution in [0.15, 0.2) is 0 Å². The SMILES string of the molecule is CCOC(=O)C1CNCCN1S(=O)(=O)CC1CCCO1. The molecule has 0 bridgehead atoms. The second-order valence-corrected chi connectivity index (χ2v) is 6.96. The van der Waals surface area contributed by atoms with E-state index in [0.717, 1.165) is 12.8 Å². The Morgan fingerprint density at radius 2 is 2.30 bits per heavy atom. The molecule has 0 aromatic carbocycles. The zero-order chi connectivity index (χ0) is 14.6. The Kier molecular flexibility index (Phi) is 5.36. The van der Waals surface area contributed by atoms with Crippen molar-refractivity contribution in [2.75, 3.05) is 38.6 Å². The molecule has 2 heterocycles. The average molecular weight is 306 g/mol. The minimum atomic E-state index is -3.51. The Hall–Kier alpha value is -0.700. The van der Waals surface area contributed by atoms with Crippen LogP contribution in [-0.2, 0) is 24.3 Å². The minimum absolute atomic E-state index is 0.0527. The molecule has 0 aromatic rings. The topological polar surface area (TPSA) is 84.9 Å². The number of nitrogens with zero attached hydrogens (tertiary/aromatic N) is 1. The molecule has 2 saturated heterocycles. The van der Waals surface area contributed by atoms with E-state index in [1.807, 2.05) is 0 Å². The van der Waals surface area contributed by atoms with Gasteiger partial charge in [0.15, 0.2) is 0 Å². The molecule has 0 amide bonds. The number of rotatable bonds is 5. The third-order valence-corrected chi connectivity index (χ3v) is 5.48. The summed E-state index contributed by atoms with van der Waals surface area (Å²) in [6.07, 6.45) is 1.40. The lowest BCUT2D eigenvalue weighted by atomic mass is 10.2. The van der Waals surface area contributed by atoms with Gasteiger partial charge in [-0.2, -0.15) is 4.31 Å². The standard InChI is InChI=1S/C12H22N2O5S/c1-2-18-12(15)11-8-13-5-6-14(11)20(16,17)9-10-4-3-7-19-10/h10-11,13H,2-9H2,1H3. The highest BCUT2D eigenvalue weighted by Crippen LogP contribution is 2.19. The van der Waals surface area contributed by atoms with Crippen molar-refractivity contribution in [3.8, 4) is 0 Å². The molecule has 2 unspecified atom stereocenters. The predicted octanol–water partition coefficient (Wildman–Crippen LogP) is -0.668. The first-order valence-corrected chi connectivity index (χ1v) is 8.64. The molecule has 2 atom stereocenters. The van der Waals surface area contributed by atoms with Crippen molar-refractivity contribution < 1.29 is 22.7 Å². The molecule has 116 valence electrons. The average Bonchev–Trinajstić information content (AvgIpc) is 2.91. The molecule has 0 aliphatic carbocycles. The molecule has 0 saturated carbocycles. The summed E-state index contributed by atoms with van der Waals surface area (Å²) in [5.41, 5.74) is 0. The fraction of sp³-hybridized carbons (Fsp3) is 0.917. The number of carbonyl (C=O) groups excluding carboxylic acids is 1. The van der Waals surface area contributed by atoms with Crippen LogP contribution in [0.2, 0.25) is 0 Å². The van der Waals surface area contributed by atoms with E-state index in [1.54, 1.807) is 6.92 Å². The number of sulfonamides is 1. The summed E-state index contributed by atoms with van der Waals surface area (Å²) >= 11 is 0. The molecule has 0 spiro atoms. The van der Waals surface area contributed by atoms with Crippen molar-refractivity contribution in [2.45, 2.75) is 31.9 Å². The molecular weight excluding hydrogens is 284 g/mol. The highest BCUT2D eigenvalue weighted by Gasteiger charge is 2.39. The van der Waals surface area contributed by atoms with Gasteiger partial charge in [-0.15, -0.1) is 0 Å².